The van der Waals surface area contributed by atoms with E-state index in [-0.39, 0.29) is 29.9 Å². The Kier molecular flexibility index (Phi) is 4.74. The highest BCUT2D eigenvalue weighted by molar-refractivity contribution is 7.91. The Labute approximate surface area is 128 Å². The zero-order chi connectivity index (χ0) is 14.9. The van der Waals surface area contributed by atoms with Crippen LogP contribution in [0.3, 0.4) is 0 Å². The Hall–Kier alpha value is -0.620. The van der Waals surface area contributed by atoms with Gasteiger partial charge in [-0.05, 0) is 25.1 Å². The van der Waals surface area contributed by atoms with E-state index in [0.29, 0.717) is 22.2 Å². The normalized spacial score (nSPS) is 22.6. The van der Waals surface area contributed by atoms with E-state index in [1.165, 1.54) is 6.07 Å². The van der Waals surface area contributed by atoms with Crippen molar-refractivity contribution in [3.8, 4) is 0 Å². The molecule has 110 valence electrons. The molecular formula is C13H15Cl2NO3S. The van der Waals surface area contributed by atoms with Crippen molar-refractivity contribution >= 4 is 38.8 Å². The molecule has 20 heavy (non-hydrogen) atoms. The fraction of sp³-hybridized carbons (Fsp3) is 0.462. The molecule has 1 unspecified atom stereocenters. The molecule has 1 aromatic rings. The van der Waals surface area contributed by atoms with Crippen molar-refractivity contribution in [1.82, 2.24) is 4.90 Å². The topological polar surface area (TPSA) is 54.5 Å². The minimum absolute atomic E-state index is 0.0882. The Morgan fingerprint density at radius 1 is 1.35 bits per heavy atom. The van der Waals surface area contributed by atoms with E-state index >= 15 is 0 Å². The number of ketones is 1. The van der Waals surface area contributed by atoms with Crippen molar-refractivity contribution in [2.45, 2.75) is 13.0 Å². The second-order valence-electron chi connectivity index (χ2n) is 4.99. The Morgan fingerprint density at radius 3 is 2.65 bits per heavy atom. The molecule has 0 aromatic heterocycles. The zero-order valence-electron chi connectivity index (χ0n) is 11.0. The van der Waals surface area contributed by atoms with E-state index in [4.69, 9.17) is 23.2 Å². The van der Waals surface area contributed by atoms with Crippen LogP contribution in [0.2, 0.25) is 10.0 Å². The van der Waals surface area contributed by atoms with Gasteiger partial charge in [0, 0.05) is 18.2 Å². The molecule has 1 saturated heterocycles. The van der Waals surface area contributed by atoms with Gasteiger partial charge in [0.2, 0.25) is 0 Å². The fourth-order valence-corrected chi connectivity index (χ4v) is 4.14. The van der Waals surface area contributed by atoms with Gasteiger partial charge >= 0.3 is 0 Å². The van der Waals surface area contributed by atoms with Gasteiger partial charge in [-0.1, -0.05) is 23.2 Å². The smallest absolute Gasteiger partial charge is 0.176 e. The molecule has 0 bridgehead atoms. The molecular weight excluding hydrogens is 321 g/mol. The SMILES string of the molecule is CC1CS(=O)(=O)CCN1CC(=O)c1ccc(Cl)c(Cl)c1. The van der Waals surface area contributed by atoms with Gasteiger partial charge < -0.3 is 0 Å². The maximum atomic E-state index is 12.2. The molecule has 0 saturated carbocycles. The minimum atomic E-state index is -2.97. The van der Waals surface area contributed by atoms with Gasteiger partial charge in [0.15, 0.2) is 15.6 Å². The van der Waals surface area contributed by atoms with Gasteiger partial charge in [-0.3, -0.25) is 9.69 Å². The summed E-state index contributed by atoms with van der Waals surface area (Å²) in [6.45, 7) is 2.39. The van der Waals surface area contributed by atoms with E-state index in [1.807, 2.05) is 11.8 Å². The number of sulfone groups is 1. The fourth-order valence-electron chi connectivity index (χ4n) is 2.21. The maximum absolute atomic E-state index is 12.2. The van der Waals surface area contributed by atoms with Gasteiger partial charge in [-0.2, -0.15) is 0 Å². The lowest BCUT2D eigenvalue weighted by atomic mass is 10.1. The Balaban J connectivity index is 2.06. The Morgan fingerprint density at radius 2 is 2.05 bits per heavy atom. The van der Waals surface area contributed by atoms with Gasteiger partial charge in [-0.25, -0.2) is 8.42 Å². The van der Waals surface area contributed by atoms with Crippen molar-refractivity contribution in [2.24, 2.45) is 0 Å². The summed E-state index contributed by atoms with van der Waals surface area (Å²) in [6.07, 6.45) is 0. The van der Waals surface area contributed by atoms with Crippen molar-refractivity contribution < 1.29 is 13.2 Å². The number of nitrogens with zero attached hydrogens (tertiary/aromatic N) is 1. The largest absolute Gasteiger partial charge is 0.293 e. The highest BCUT2D eigenvalue weighted by atomic mass is 35.5. The van der Waals surface area contributed by atoms with E-state index in [1.54, 1.807) is 12.1 Å². The summed E-state index contributed by atoms with van der Waals surface area (Å²) in [5.41, 5.74) is 0.486. The maximum Gasteiger partial charge on any atom is 0.176 e. The van der Waals surface area contributed by atoms with Crippen LogP contribution in [-0.2, 0) is 9.84 Å². The number of hydrogen-bond acceptors (Lipinski definition) is 4. The second-order valence-corrected chi connectivity index (χ2v) is 8.03. The summed E-state index contributed by atoms with van der Waals surface area (Å²) in [4.78, 5) is 14.1. The van der Waals surface area contributed by atoms with Crippen molar-refractivity contribution in [2.75, 3.05) is 24.6 Å². The van der Waals surface area contributed by atoms with Crippen LogP contribution in [-0.4, -0.2) is 49.7 Å². The first-order valence-electron chi connectivity index (χ1n) is 6.21. The van der Waals surface area contributed by atoms with Gasteiger partial charge in [0.25, 0.3) is 0 Å². The molecule has 7 heteroatoms. The van der Waals surface area contributed by atoms with Gasteiger partial charge in [0.05, 0.1) is 28.1 Å². The van der Waals surface area contributed by atoms with Crippen LogP contribution < -0.4 is 0 Å². The van der Waals surface area contributed by atoms with E-state index < -0.39 is 9.84 Å². The lowest BCUT2D eigenvalue weighted by Gasteiger charge is -2.32. The molecule has 1 aliphatic heterocycles. The molecule has 0 spiro atoms. The third-order valence-corrected chi connectivity index (χ3v) is 5.93. The molecule has 1 fully saturated rings. The summed E-state index contributed by atoms with van der Waals surface area (Å²) in [5, 5.41) is 0.743. The molecule has 1 aromatic carbocycles. The summed E-state index contributed by atoms with van der Waals surface area (Å²) in [6, 6.07) is 4.60. The number of carbonyl (C=O) groups is 1. The first-order chi connectivity index (χ1) is 9.28. The van der Waals surface area contributed by atoms with Crippen molar-refractivity contribution in [1.29, 1.82) is 0 Å². The number of hydrogen-bond donors (Lipinski definition) is 0. The van der Waals surface area contributed by atoms with Crippen LogP contribution in [0.4, 0.5) is 0 Å². The summed E-state index contributed by atoms with van der Waals surface area (Å²) >= 11 is 11.7. The molecule has 0 amide bonds. The lowest BCUT2D eigenvalue weighted by Crippen LogP contribution is -2.48. The predicted octanol–water partition coefficient (Wildman–Crippen LogP) is 2.29. The highest BCUT2D eigenvalue weighted by Gasteiger charge is 2.29. The second kappa shape index (κ2) is 6.02. The molecule has 0 N–H and O–H groups in total. The number of carbonyl (C=O) groups excluding carboxylic acids is 1. The summed E-state index contributed by atoms with van der Waals surface area (Å²) < 4.78 is 23.0. The highest BCUT2D eigenvalue weighted by Crippen LogP contribution is 2.23. The molecule has 0 aliphatic carbocycles. The molecule has 0 radical (unpaired) electrons. The standard InChI is InChI=1S/C13H15Cl2NO3S/c1-9-8-20(18,19)5-4-16(9)7-13(17)10-2-3-11(14)12(15)6-10/h2-3,6,9H,4-5,7-8H2,1H3. The van der Waals surface area contributed by atoms with Crippen LogP contribution in [0.15, 0.2) is 18.2 Å². The quantitative estimate of drug-likeness (QED) is 0.795. The first kappa shape index (κ1) is 15.8. The van der Waals surface area contributed by atoms with Crippen LogP contribution in [0.5, 0.6) is 0 Å². The average molecular weight is 336 g/mol. The number of rotatable bonds is 3. The van der Waals surface area contributed by atoms with Gasteiger partial charge in [0.1, 0.15) is 0 Å². The molecule has 4 nitrogen and oxygen atoms in total. The van der Waals surface area contributed by atoms with Crippen LogP contribution >= 0.6 is 23.2 Å². The minimum Gasteiger partial charge on any atom is -0.293 e. The van der Waals surface area contributed by atoms with Gasteiger partial charge in [-0.15, -0.1) is 0 Å². The Bertz CT molecular complexity index is 631. The first-order valence-corrected chi connectivity index (χ1v) is 8.79. The van der Waals surface area contributed by atoms with E-state index in [2.05, 4.69) is 0 Å². The third-order valence-electron chi connectivity index (χ3n) is 3.40. The molecule has 1 aliphatic rings. The molecule has 1 heterocycles. The van der Waals surface area contributed by atoms with Crippen molar-refractivity contribution in [3.63, 3.8) is 0 Å². The number of Topliss-reactive ketones (excluding diaryl/α,β-unsaturated/α-hetero) is 1. The summed E-state index contributed by atoms with van der Waals surface area (Å²) in [7, 11) is -2.97. The lowest BCUT2D eigenvalue weighted by molar-refractivity contribution is 0.0908. The predicted molar refractivity (Wildman–Crippen MR) is 80.5 cm³/mol. The zero-order valence-corrected chi connectivity index (χ0v) is 13.3. The number of halogens is 2. The van der Waals surface area contributed by atoms with Crippen LogP contribution in [0.25, 0.3) is 0 Å². The van der Waals surface area contributed by atoms with Crippen LogP contribution in [0, 0.1) is 0 Å². The monoisotopic (exact) mass is 335 g/mol. The average Bonchev–Trinajstić information content (AvgIpc) is 2.35. The molecule has 2 rings (SSSR count). The van der Waals surface area contributed by atoms with E-state index in [9.17, 15) is 13.2 Å². The number of benzene rings is 1. The molecule has 1 atom stereocenters. The third kappa shape index (κ3) is 3.73. The van der Waals surface area contributed by atoms with E-state index in [0.717, 1.165) is 0 Å². The van der Waals surface area contributed by atoms with Crippen molar-refractivity contribution in [3.05, 3.63) is 33.8 Å². The summed E-state index contributed by atoms with van der Waals surface area (Å²) in [5.74, 6) is 0.114. The van der Waals surface area contributed by atoms with Crippen LogP contribution in [0.1, 0.15) is 17.3 Å².